The molecule has 0 rings (SSSR count). The number of carboxylic acid groups (broad SMARTS) is 1. The van der Waals surface area contributed by atoms with Crippen LogP contribution in [0.4, 0.5) is 4.79 Å². The molecule has 8 heteroatoms. The van der Waals surface area contributed by atoms with Crippen LogP contribution in [0.1, 0.15) is 20.3 Å². The number of urea groups is 1. The van der Waals surface area contributed by atoms with E-state index in [-0.39, 0.29) is 6.61 Å². The average Bonchev–Trinajstić information content (AvgIpc) is 2.14. The van der Waals surface area contributed by atoms with Gasteiger partial charge in [0.1, 0.15) is 6.04 Å². The number of carbonyl (C=O) groups is 3. The largest absolute Gasteiger partial charge is 0.480 e. The van der Waals surface area contributed by atoms with Gasteiger partial charge in [0.2, 0.25) is 5.91 Å². The zero-order chi connectivity index (χ0) is 14.3. The average molecular weight is 261 g/mol. The van der Waals surface area contributed by atoms with Gasteiger partial charge in [0.15, 0.2) is 0 Å². The molecular formula is C10H19N3O5. The quantitative estimate of drug-likeness (QED) is 0.468. The Bertz CT molecular complexity index is 329. The first-order valence-electron chi connectivity index (χ1n) is 5.26. The van der Waals surface area contributed by atoms with Gasteiger partial charge in [0.05, 0.1) is 18.6 Å². The van der Waals surface area contributed by atoms with E-state index < -0.39 is 35.9 Å². The number of rotatable bonds is 7. The highest BCUT2D eigenvalue weighted by Crippen LogP contribution is 2.02. The van der Waals surface area contributed by atoms with Crippen LogP contribution in [0.3, 0.4) is 0 Å². The number of nitrogens with one attached hydrogen (secondary N) is 2. The van der Waals surface area contributed by atoms with Gasteiger partial charge < -0.3 is 26.2 Å². The third-order valence-corrected chi connectivity index (χ3v) is 1.97. The Morgan fingerprint density at radius 1 is 1.39 bits per heavy atom. The Hall–Kier alpha value is -1.83. The minimum Gasteiger partial charge on any atom is -0.480 e. The molecule has 0 radical (unpaired) electrons. The molecule has 0 aliphatic heterocycles. The first-order valence-corrected chi connectivity index (χ1v) is 5.26. The smallest absolute Gasteiger partial charge is 0.326 e. The number of amides is 3. The van der Waals surface area contributed by atoms with Crippen molar-refractivity contribution in [3.63, 3.8) is 0 Å². The van der Waals surface area contributed by atoms with Crippen molar-refractivity contribution < 1.29 is 24.2 Å². The van der Waals surface area contributed by atoms with Crippen molar-refractivity contribution in [1.82, 2.24) is 10.6 Å². The van der Waals surface area contributed by atoms with Crippen LogP contribution < -0.4 is 16.4 Å². The van der Waals surface area contributed by atoms with Crippen LogP contribution in [-0.4, -0.2) is 48.3 Å². The Morgan fingerprint density at radius 3 is 2.33 bits per heavy atom. The molecule has 5 N–H and O–H groups in total. The number of carboxylic acids is 1. The lowest BCUT2D eigenvalue weighted by Gasteiger charge is -2.26. The highest BCUT2D eigenvalue weighted by molar-refractivity contribution is 5.87. The molecule has 0 saturated carbocycles. The van der Waals surface area contributed by atoms with E-state index in [0.29, 0.717) is 0 Å². The standard InChI is InChI=1S/C10H19N3O5/c1-10(2,5-18-3)13-9(17)12-6(8(15)16)4-7(11)14/h6H,4-5H2,1-3H3,(H2,11,14)(H,15,16)(H2,12,13,17). The van der Waals surface area contributed by atoms with E-state index in [9.17, 15) is 14.4 Å². The Kier molecular flexibility index (Phi) is 6.11. The van der Waals surface area contributed by atoms with E-state index in [2.05, 4.69) is 10.6 Å². The van der Waals surface area contributed by atoms with E-state index in [0.717, 1.165) is 0 Å². The van der Waals surface area contributed by atoms with Crippen molar-refractivity contribution in [2.45, 2.75) is 31.8 Å². The summed E-state index contributed by atoms with van der Waals surface area (Å²) in [5.74, 6) is -2.13. The summed E-state index contributed by atoms with van der Waals surface area (Å²) in [4.78, 5) is 33.0. The molecule has 0 spiro atoms. The molecule has 0 aromatic heterocycles. The molecule has 0 aromatic carbocycles. The van der Waals surface area contributed by atoms with Crippen LogP contribution in [0.15, 0.2) is 0 Å². The maximum Gasteiger partial charge on any atom is 0.326 e. The summed E-state index contributed by atoms with van der Waals surface area (Å²) in [5.41, 5.74) is 4.23. The van der Waals surface area contributed by atoms with Crippen LogP contribution in [0, 0.1) is 0 Å². The first-order chi connectivity index (χ1) is 8.18. The van der Waals surface area contributed by atoms with Crippen LogP contribution in [0.5, 0.6) is 0 Å². The lowest BCUT2D eigenvalue weighted by Crippen LogP contribution is -2.55. The third kappa shape index (κ3) is 6.69. The highest BCUT2D eigenvalue weighted by Gasteiger charge is 2.25. The number of methoxy groups -OCH3 is 1. The molecule has 0 saturated heterocycles. The minimum absolute atomic E-state index is 0.258. The van der Waals surface area contributed by atoms with E-state index in [1.165, 1.54) is 7.11 Å². The van der Waals surface area contributed by atoms with Crippen molar-refractivity contribution in [3.8, 4) is 0 Å². The fourth-order valence-electron chi connectivity index (χ4n) is 1.30. The van der Waals surface area contributed by atoms with Gasteiger partial charge in [-0.2, -0.15) is 0 Å². The summed E-state index contributed by atoms with van der Waals surface area (Å²) in [7, 11) is 1.48. The monoisotopic (exact) mass is 261 g/mol. The number of carbonyl (C=O) groups excluding carboxylic acids is 2. The number of primary amides is 1. The molecule has 1 atom stereocenters. The van der Waals surface area contributed by atoms with Gasteiger partial charge in [0, 0.05) is 7.11 Å². The molecule has 0 fully saturated rings. The van der Waals surface area contributed by atoms with Crippen LogP contribution in [0.2, 0.25) is 0 Å². The normalized spacial score (nSPS) is 12.6. The molecule has 0 aromatic rings. The number of hydrogen-bond acceptors (Lipinski definition) is 4. The molecule has 3 amide bonds. The van der Waals surface area contributed by atoms with Gasteiger partial charge in [-0.05, 0) is 13.8 Å². The Labute approximate surface area is 105 Å². The zero-order valence-corrected chi connectivity index (χ0v) is 10.6. The predicted molar refractivity (Wildman–Crippen MR) is 62.9 cm³/mol. The fourth-order valence-corrected chi connectivity index (χ4v) is 1.30. The fraction of sp³-hybridized carbons (Fsp3) is 0.700. The zero-order valence-electron chi connectivity index (χ0n) is 10.6. The Balaban J connectivity index is 4.43. The van der Waals surface area contributed by atoms with Crippen molar-refractivity contribution >= 4 is 17.9 Å². The third-order valence-electron chi connectivity index (χ3n) is 1.97. The van der Waals surface area contributed by atoms with Gasteiger partial charge in [-0.1, -0.05) is 0 Å². The van der Waals surface area contributed by atoms with Gasteiger partial charge in [0.25, 0.3) is 0 Å². The summed E-state index contributed by atoms with van der Waals surface area (Å²) in [6, 6.07) is -2.05. The predicted octanol–water partition coefficient (Wildman–Crippen LogP) is -0.961. The number of hydrogen-bond donors (Lipinski definition) is 4. The van der Waals surface area contributed by atoms with Gasteiger partial charge in [-0.3, -0.25) is 4.79 Å². The Morgan fingerprint density at radius 2 is 1.94 bits per heavy atom. The van der Waals surface area contributed by atoms with E-state index >= 15 is 0 Å². The maximum atomic E-state index is 11.5. The van der Waals surface area contributed by atoms with Gasteiger partial charge in [-0.25, -0.2) is 9.59 Å². The summed E-state index contributed by atoms with van der Waals surface area (Å²) in [5, 5.41) is 13.5. The van der Waals surface area contributed by atoms with Crippen molar-refractivity contribution in [1.29, 1.82) is 0 Å². The van der Waals surface area contributed by atoms with Crippen LogP contribution in [-0.2, 0) is 14.3 Å². The van der Waals surface area contributed by atoms with Crippen LogP contribution >= 0.6 is 0 Å². The van der Waals surface area contributed by atoms with Gasteiger partial charge >= 0.3 is 12.0 Å². The first kappa shape index (κ1) is 16.2. The second-order valence-corrected chi connectivity index (χ2v) is 4.48. The second kappa shape index (κ2) is 6.80. The van der Waals surface area contributed by atoms with E-state index in [4.69, 9.17) is 15.6 Å². The summed E-state index contributed by atoms with van der Waals surface area (Å²) in [6.45, 7) is 3.67. The molecular weight excluding hydrogens is 242 g/mol. The van der Waals surface area contributed by atoms with Crippen LogP contribution in [0.25, 0.3) is 0 Å². The summed E-state index contributed by atoms with van der Waals surface area (Å²) < 4.78 is 4.89. The molecule has 0 aliphatic carbocycles. The minimum atomic E-state index is -1.35. The number of nitrogens with two attached hydrogens (primary N) is 1. The summed E-state index contributed by atoms with van der Waals surface area (Å²) in [6.07, 6.45) is -0.465. The van der Waals surface area contributed by atoms with E-state index in [1.807, 2.05) is 0 Å². The molecule has 0 bridgehead atoms. The topological polar surface area (TPSA) is 131 Å². The van der Waals surface area contributed by atoms with Crippen molar-refractivity contribution in [3.05, 3.63) is 0 Å². The number of ether oxygens (including phenoxy) is 1. The lowest BCUT2D eigenvalue weighted by molar-refractivity contribution is -0.140. The second-order valence-electron chi connectivity index (χ2n) is 4.48. The maximum absolute atomic E-state index is 11.5. The lowest BCUT2D eigenvalue weighted by atomic mass is 10.1. The molecule has 0 aliphatic rings. The SMILES string of the molecule is COCC(C)(C)NC(=O)NC(CC(N)=O)C(=O)O. The van der Waals surface area contributed by atoms with E-state index in [1.54, 1.807) is 13.8 Å². The van der Waals surface area contributed by atoms with Gasteiger partial charge in [-0.15, -0.1) is 0 Å². The van der Waals surface area contributed by atoms with Crippen molar-refractivity contribution in [2.75, 3.05) is 13.7 Å². The van der Waals surface area contributed by atoms with Crippen molar-refractivity contribution in [2.24, 2.45) is 5.73 Å². The molecule has 0 heterocycles. The molecule has 1 unspecified atom stereocenters. The summed E-state index contributed by atoms with van der Waals surface area (Å²) >= 11 is 0. The number of aliphatic carboxylic acids is 1. The highest BCUT2D eigenvalue weighted by atomic mass is 16.5. The molecule has 18 heavy (non-hydrogen) atoms. The molecule has 8 nitrogen and oxygen atoms in total. The molecule has 104 valence electrons.